The van der Waals surface area contributed by atoms with Gasteiger partial charge in [-0.25, -0.2) is 0 Å². The lowest BCUT2D eigenvalue weighted by Crippen LogP contribution is -2.61. The molecule has 0 saturated heterocycles. The predicted octanol–water partition coefficient (Wildman–Crippen LogP) is 2.71. The Kier molecular flexibility index (Phi) is 3.52. The number of aliphatic hydroxyl groups is 1. The second-order valence-corrected chi connectivity index (χ2v) is 6.76. The van der Waals surface area contributed by atoms with Crippen LogP contribution in [0.25, 0.3) is 0 Å². The minimum Gasteiger partial charge on any atom is -0.392 e. The van der Waals surface area contributed by atoms with Crippen LogP contribution in [0, 0.1) is 5.41 Å². The highest BCUT2D eigenvalue weighted by molar-refractivity contribution is 5.24. The van der Waals surface area contributed by atoms with Gasteiger partial charge in [0, 0.05) is 23.4 Å². The predicted molar refractivity (Wildman–Crippen MR) is 75.7 cm³/mol. The molecular weight excluding hydrogens is 222 g/mol. The van der Waals surface area contributed by atoms with Gasteiger partial charge in [-0.05, 0) is 12.0 Å². The summed E-state index contributed by atoms with van der Waals surface area (Å²) in [6.07, 6.45) is 0.715. The van der Waals surface area contributed by atoms with Crippen molar-refractivity contribution in [1.82, 2.24) is 5.32 Å². The number of aliphatic hydroxyl groups excluding tert-OH is 1. The molecule has 0 aromatic heterocycles. The molecule has 2 N–H and O–H groups in total. The molecule has 0 spiro atoms. The van der Waals surface area contributed by atoms with Crippen molar-refractivity contribution in [3.05, 3.63) is 35.9 Å². The molecular formula is C16H25NO. The van der Waals surface area contributed by atoms with E-state index in [-0.39, 0.29) is 16.9 Å². The summed E-state index contributed by atoms with van der Waals surface area (Å²) in [4.78, 5) is 0. The summed E-state index contributed by atoms with van der Waals surface area (Å²) in [7, 11) is 0. The molecule has 18 heavy (non-hydrogen) atoms. The lowest BCUT2D eigenvalue weighted by Gasteiger charge is -2.50. The summed E-state index contributed by atoms with van der Waals surface area (Å²) in [5.74, 6) is 0. The maximum atomic E-state index is 9.75. The van der Waals surface area contributed by atoms with E-state index in [2.05, 4.69) is 63.3 Å². The molecule has 1 fully saturated rings. The summed E-state index contributed by atoms with van der Waals surface area (Å²) < 4.78 is 0. The molecule has 1 aromatic rings. The summed E-state index contributed by atoms with van der Waals surface area (Å²) in [5.41, 5.74) is 1.49. The number of benzene rings is 1. The third-order valence-corrected chi connectivity index (χ3v) is 4.56. The SMILES string of the molecule is CC(C)(CNC1CC(O)C1(C)C)c1ccccc1. The molecule has 2 heteroatoms. The zero-order valence-electron chi connectivity index (χ0n) is 11.9. The first-order chi connectivity index (χ1) is 8.34. The molecule has 2 nitrogen and oxygen atoms in total. The van der Waals surface area contributed by atoms with E-state index < -0.39 is 0 Å². The summed E-state index contributed by atoms with van der Waals surface area (Å²) in [5, 5.41) is 13.4. The molecule has 0 aliphatic heterocycles. The van der Waals surface area contributed by atoms with Gasteiger partial charge in [0.15, 0.2) is 0 Å². The average molecular weight is 247 g/mol. The molecule has 2 rings (SSSR count). The first-order valence-corrected chi connectivity index (χ1v) is 6.81. The van der Waals surface area contributed by atoms with E-state index in [0.29, 0.717) is 6.04 Å². The Balaban J connectivity index is 1.95. The van der Waals surface area contributed by atoms with Gasteiger partial charge in [0.25, 0.3) is 0 Å². The number of nitrogens with one attached hydrogen (secondary N) is 1. The van der Waals surface area contributed by atoms with Gasteiger partial charge in [-0.3, -0.25) is 0 Å². The molecule has 1 saturated carbocycles. The zero-order chi connectivity index (χ0) is 13.4. The van der Waals surface area contributed by atoms with Gasteiger partial charge in [0.1, 0.15) is 0 Å². The van der Waals surface area contributed by atoms with Crippen LogP contribution in [0.4, 0.5) is 0 Å². The smallest absolute Gasteiger partial charge is 0.0621 e. The van der Waals surface area contributed by atoms with E-state index >= 15 is 0 Å². The fourth-order valence-corrected chi connectivity index (χ4v) is 2.62. The Bertz CT molecular complexity index is 397. The van der Waals surface area contributed by atoms with Crippen molar-refractivity contribution >= 4 is 0 Å². The third kappa shape index (κ3) is 2.45. The van der Waals surface area contributed by atoms with Crippen molar-refractivity contribution in [3.63, 3.8) is 0 Å². The van der Waals surface area contributed by atoms with Crippen molar-refractivity contribution in [2.24, 2.45) is 5.41 Å². The van der Waals surface area contributed by atoms with Gasteiger partial charge in [-0.2, -0.15) is 0 Å². The lowest BCUT2D eigenvalue weighted by atomic mass is 9.64. The van der Waals surface area contributed by atoms with Crippen molar-refractivity contribution in [2.75, 3.05) is 6.54 Å². The van der Waals surface area contributed by atoms with Crippen LogP contribution in [0.3, 0.4) is 0 Å². The van der Waals surface area contributed by atoms with Gasteiger partial charge in [0.05, 0.1) is 6.10 Å². The highest BCUT2D eigenvalue weighted by Gasteiger charge is 2.47. The Morgan fingerprint density at radius 2 is 1.89 bits per heavy atom. The number of hydrogen-bond acceptors (Lipinski definition) is 2. The molecule has 0 bridgehead atoms. The van der Waals surface area contributed by atoms with Crippen molar-refractivity contribution in [2.45, 2.75) is 51.7 Å². The van der Waals surface area contributed by atoms with Gasteiger partial charge >= 0.3 is 0 Å². The first kappa shape index (κ1) is 13.6. The fraction of sp³-hybridized carbons (Fsp3) is 0.625. The topological polar surface area (TPSA) is 32.3 Å². The van der Waals surface area contributed by atoms with Crippen molar-refractivity contribution in [3.8, 4) is 0 Å². The Morgan fingerprint density at radius 1 is 1.28 bits per heavy atom. The highest BCUT2D eigenvalue weighted by atomic mass is 16.3. The molecule has 2 unspecified atom stereocenters. The second-order valence-electron chi connectivity index (χ2n) is 6.76. The molecule has 1 aromatic carbocycles. The van der Waals surface area contributed by atoms with E-state index in [0.717, 1.165) is 13.0 Å². The van der Waals surface area contributed by atoms with E-state index in [1.165, 1.54) is 5.56 Å². The average Bonchev–Trinajstić information content (AvgIpc) is 2.35. The standard InChI is InChI=1S/C16H25NO/c1-15(2,12-8-6-5-7-9-12)11-17-13-10-14(18)16(13,3)4/h5-9,13-14,17-18H,10-11H2,1-4H3. The lowest BCUT2D eigenvalue weighted by molar-refractivity contribution is -0.0734. The summed E-state index contributed by atoms with van der Waals surface area (Å²) in [6, 6.07) is 11.0. The normalized spacial score (nSPS) is 26.7. The van der Waals surface area contributed by atoms with Crippen LogP contribution in [0.5, 0.6) is 0 Å². The van der Waals surface area contributed by atoms with Crippen molar-refractivity contribution in [1.29, 1.82) is 0 Å². The summed E-state index contributed by atoms with van der Waals surface area (Å²) in [6.45, 7) is 9.73. The first-order valence-electron chi connectivity index (χ1n) is 6.81. The van der Waals surface area contributed by atoms with Gasteiger partial charge in [-0.15, -0.1) is 0 Å². The number of hydrogen-bond donors (Lipinski definition) is 2. The fourth-order valence-electron chi connectivity index (χ4n) is 2.62. The maximum absolute atomic E-state index is 9.75. The van der Waals surface area contributed by atoms with Crippen LogP contribution in [-0.2, 0) is 5.41 Å². The van der Waals surface area contributed by atoms with Crippen LogP contribution in [0.1, 0.15) is 39.7 Å². The van der Waals surface area contributed by atoms with Crippen LogP contribution < -0.4 is 5.32 Å². The maximum Gasteiger partial charge on any atom is 0.0621 e. The van der Waals surface area contributed by atoms with E-state index in [1.807, 2.05) is 0 Å². The zero-order valence-corrected chi connectivity index (χ0v) is 11.9. The largest absolute Gasteiger partial charge is 0.392 e. The minimum absolute atomic E-state index is 0.00671. The van der Waals surface area contributed by atoms with Gasteiger partial charge < -0.3 is 10.4 Å². The van der Waals surface area contributed by atoms with Crippen LogP contribution >= 0.6 is 0 Å². The van der Waals surface area contributed by atoms with Gasteiger partial charge in [-0.1, -0.05) is 58.0 Å². The Morgan fingerprint density at radius 3 is 2.39 bits per heavy atom. The minimum atomic E-state index is -0.158. The Hall–Kier alpha value is -0.860. The molecule has 1 aliphatic carbocycles. The van der Waals surface area contributed by atoms with E-state index in [1.54, 1.807) is 0 Å². The summed E-state index contributed by atoms with van der Waals surface area (Å²) >= 11 is 0. The molecule has 100 valence electrons. The number of rotatable bonds is 4. The quantitative estimate of drug-likeness (QED) is 0.857. The third-order valence-electron chi connectivity index (χ3n) is 4.56. The Labute approximate surface area is 110 Å². The highest BCUT2D eigenvalue weighted by Crippen LogP contribution is 2.40. The van der Waals surface area contributed by atoms with Crippen LogP contribution in [0.15, 0.2) is 30.3 Å². The monoisotopic (exact) mass is 247 g/mol. The molecule has 0 amide bonds. The molecule has 0 radical (unpaired) electrons. The van der Waals surface area contributed by atoms with Crippen LogP contribution in [-0.4, -0.2) is 23.8 Å². The molecule has 0 heterocycles. The second kappa shape index (κ2) is 4.67. The molecule has 2 atom stereocenters. The van der Waals surface area contributed by atoms with Gasteiger partial charge in [0.2, 0.25) is 0 Å². The van der Waals surface area contributed by atoms with E-state index in [9.17, 15) is 5.11 Å². The van der Waals surface area contributed by atoms with Crippen LogP contribution in [0.2, 0.25) is 0 Å². The van der Waals surface area contributed by atoms with E-state index in [4.69, 9.17) is 0 Å². The molecule has 1 aliphatic rings. The van der Waals surface area contributed by atoms with Crippen molar-refractivity contribution < 1.29 is 5.11 Å².